The zero-order valence-corrected chi connectivity index (χ0v) is 18.8. The van der Waals surface area contributed by atoms with Gasteiger partial charge in [0, 0.05) is 6.54 Å². The number of carbonyl (C=O) groups excluding carboxylic acids is 1. The fraction of sp³-hybridized carbons (Fsp3) is 0.400. The van der Waals surface area contributed by atoms with E-state index in [4.69, 9.17) is 11.6 Å². The number of nitrogens with zero attached hydrogens (tertiary/aromatic N) is 2. The van der Waals surface area contributed by atoms with E-state index in [0.29, 0.717) is 18.0 Å². The maximum Gasteiger partial charge on any atom is 0.259 e. The zero-order chi connectivity index (χ0) is 22.0. The van der Waals surface area contributed by atoms with Crippen LogP contribution in [0.25, 0.3) is 0 Å². The van der Waals surface area contributed by atoms with Gasteiger partial charge in [0.25, 0.3) is 5.91 Å². The van der Waals surface area contributed by atoms with Gasteiger partial charge >= 0.3 is 0 Å². The van der Waals surface area contributed by atoms with E-state index in [9.17, 15) is 9.00 Å². The van der Waals surface area contributed by atoms with Crippen LogP contribution in [0.3, 0.4) is 0 Å². The third-order valence-electron chi connectivity index (χ3n) is 6.24. The van der Waals surface area contributed by atoms with Crippen LogP contribution < -0.4 is 5.14 Å². The van der Waals surface area contributed by atoms with Crippen molar-refractivity contribution in [2.75, 3.05) is 13.6 Å². The Labute approximate surface area is 185 Å². The summed E-state index contributed by atoms with van der Waals surface area (Å²) in [6, 6.07) is 9.42. The van der Waals surface area contributed by atoms with Crippen LogP contribution in [0.4, 0.5) is 0 Å². The molecule has 1 amide bonds. The highest BCUT2D eigenvalue weighted by Gasteiger charge is 2.25. The molecule has 1 atom stereocenters. The third kappa shape index (κ3) is 4.74. The molecule has 31 heavy (non-hydrogen) atoms. The molecule has 162 valence electrons. The predicted molar refractivity (Wildman–Crippen MR) is 124 cm³/mol. The second-order valence-electron chi connectivity index (χ2n) is 8.59. The monoisotopic (exact) mass is 435 g/mol. The highest BCUT2D eigenvalue weighted by Crippen LogP contribution is 2.35. The van der Waals surface area contributed by atoms with Crippen molar-refractivity contribution in [2.45, 2.75) is 56.4 Å². The van der Waals surface area contributed by atoms with Crippen LogP contribution in [0.15, 0.2) is 39.6 Å². The number of benzene rings is 2. The van der Waals surface area contributed by atoms with Crippen LogP contribution in [0.1, 0.15) is 46.2 Å². The molecule has 0 aromatic heterocycles. The summed E-state index contributed by atoms with van der Waals surface area (Å²) in [5.41, 5.74) is 7.53. The number of rotatable bonds is 6. The Kier molecular flexibility index (Phi) is 6.29. The minimum atomic E-state index is -3.28. The lowest BCUT2D eigenvalue weighted by Crippen LogP contribution is -2.18. The minimum Gasteiger partial charge on any atom is -0.291 e. The van der Waals surface area contributed by atoms with Crippen LogP contribution in [0, 0.1) is 12.3 Å². The van der Waals surface area contributed by atoms with Crippen LogP contribution >= 0.6 is 0 Å². The van der Waals surface area contributed by atoms with E-state index in [1.807, 2.05) is 24.1 Å². The number of amides is 1. The number of nitrogens with two attached hydrogens (primary N) is 1. The molecule has 1 unspecified atom stereocenters. The quantitative estimate of drug-likeness (QED) is 0.708. The van der Waals surface area contributed by atoms with Crippen molar-refractivity contribution in [2.24, 2.45) is 9.50 Å². The fourth-order valence-electron chi connectivity index (χ4n) is 4.85. The number of carbonyl (C=O) groups is 1. The molecule has 0 heterocycles. The summed E-state index contributed by atoms with van der Waals surface area (Å²) >= 11 is 0. The van der Waals surface area contributed by atoms with E-state index in [1.54, 1.807) is 12.1 Å². The van der Waals surface area contributed by atoms with Gasteiger partial charge in [0.15, 0.2) is 0 Å². The Bertz CT molecular complexity index is 1140. The largest absolute Gasteiger partial charge is 0.291 e. The lowest BCUT2D eigenvalue weighted by atomic mass is 9.92. The van der Waals surface area contributed by atoms with Gasteiger partial charge in [-0.15, -0.1) is 10.8 Å². The van der Waals surface area contributed by atoms with Crippen molar-refractivity contribution >= 4 is 15.8 Å². The number of aryl methyl sites for hydroxylation is 2. The van der Waals surface area contributed by atoms with Crippen LogP contribution in [-0.2, 0) is 53.4 Å². The molecular formula is C25H29N3O2S. The van der Waals surface area contributed by atoms with Crippen molar-refractivity contribution in [3.8, 4) is 12.3 Å². The summed E-state index contributed by atoms with van der Waals surface area (Å²) < 4.78 is 17.0. The molecule has 2 aliphatic rings. The number of fused-ring (bicyclic) bond motifs is 2. The summed E-state index contributed by atoms with van der Waals surface area (Å²) in [6.07, 6.45) is 12.0. The van der Waals surface area contributed by atoms with Gasteiger partial charge in [0.2, 0.25) is 0 Å². The van der Waals surface area contributed by atoms with Gasteiger partial charge in [-0.2, -0.15) is 0 Å². The SMILES string of the molecule is C#CCN(C)Cc1ccc(S(N)(=O)=NC(=O)Cc2c3c(cc4c2CCC4)CCC3)cc1. The molecule has 0 bridgehead atoms. The van der Waals surface area contributed by atoms with Crippen molar-refractivity contribution in [1.29, 1.82) is 0 Å². The summed E-state index contributed by atoms with van der Waals surface area (Å²) in [5.74, 6) is 2.20. The summed E-state index contributed by atoms with van der Waals surface area (Å²) in [5, 5.41) is 6.02. The van der Waals surface area contributed by atoms with E-state index in [2.05, 4.69) is 16.3 Å². The Morgan fingerprint density at radius 1 is 1.13 bits per heavy atom. The molecule has 2 N–H and O–H groups in total. The van der Waals surface area contributed by atoms with Crippen molar-refractivity contribution in [1.82, 2.24) is 4.90 Å². The van der Waals surface area contributed by atoms with Gasteiger partial charge in [-0.05, 0) is 91.1 Å². The van der Waals surface area contributed by atoms with Crippen LogP contribution in [-0.4, -0.2) is 28.6 Å². The van der Waals surface area contributed by atoms with Gasteiger partial charge < -0.3 is 0 Å². The Balaban J connectivity index is 1.55. The third-order valence-corrected chi connectivity index (χ3v) is 7.66. The molecule has 0 fully saturated rings. The van der Waals surface area contributed by atoms with E-state index >= 15 is 0 Å². The van der Waals surface area contributed by atoms with E-state index in [0.717, 1.165) is 49.7 Å². The number of hydrogen-bond acceptors (Lipinski definition) is 3. The van der Waals surface area contributed by atoms with E-state index in [1.165, 1.54) is 22.3 Å². The molecule has 0 spiro atoms. The highest BCUT2D eigenvalue weighted by atomic mass is 32.2. The molecule has 6 heteroatoms. The summed E-state index contributed by atoms with van der Waals surface area (Å²) in [4.78, 5) is 15.2. The van der Waals surface area contributed by atoms with Crippen LogP contribution in [0.5, 0.6) is 0 Å². The first-order valence-electron chi connectivity index (χ1n) is 10.8. The second-order valence-corrected chi connectivity index (χ2v) is 10.4. The van der Waals surface area contributed by atoms with Gasteiger partial charge in [-0.25, -0.2) is 9.35 Å². The van der Waals surface area contributed by atoms with Gasteiger partial charge in [-0.3, -0.25) is 9.69 Å². The number of hydrogen-bond donors (Lipinski definition) is 1. The Morgan fingerprint density at radius 3 is 2.32 bits per heavy atom. The number of terminal acetylenes is 1. The molecule has 2 aliphatic carbocycles. The van der Waals surface area contributed by atoms with Gasteiger partial charge in [-0.1, -0.05) is 24.1 Å². The van der Waals surface area contributed by atoms with Crippen LogP contribution in [0.2, 0.25) is 0 Å². The molecule has 2 aromatic carbocycles. The maximum absolute atomic E-state index is 13.0. The minimum absolute atomic E-state index is 0.189. The van der Waals surface area contributed by atoms with E-state index in [-0.39, 0.29) is 6.42 Å². The Hall–Kier alpha value is -2.46. The maximum atomic E-state index is 13.0. The van der Waals surface area contributed by atoms with Gasteiger partial charge in [0.05, 0.1) is 17.9 Å². The second kappa shape index (κ2) is 8.96. The molecule has 2 aromatic rings. The smallest absolute Gasteiger partial charge is 0.259 e. The van der Waals surface area contributed by atoms with Gasteiger partial charge in [0.1, 0.15) is 9.92 Å². The lowest BCUT2D eigenvalue weighted by Gasteiger charge is -2.14. The zero-order valence-electron chi connectivity index (χ0n) is 18.0. The first-order chi connectivity index (χ1) is 14.9. The van der Waals surface area contributed by atoms with Crippen molar-refractivity contribution < 1.29 is 9.00 Å². The lowest BCUT2D eigenvalue weighted by molar-refractivity contribution is -0.117. The molecule has 5 nitrogen and oxygen atoms in total. The molecule has 0 saturated carbocycles. The normalized spacial score (nSPS) is 16.5. The standard InChI is InChI=1S/C25H29N3O2S/c1-3-14-28(2)17-18-10-12-21(13-11-18)31(26,30)27-25(29)16-24-22-8-4-6-19(22)15-20-7-5-9-23(20)24/h1,10-13,15H,4-9,14,16-17H2,2H3,(H2,26,27,29,30). The summed E-state index contributed by atoms with van der Waals surface area (Å²) in [6.45, 7) is 1.22. The Morgan fingerprint density at radius 2 is 1.74 bits per heavy atom. The molecule has 0 saturated heterocycles. The average molecular weight is 436 g/mol. The van der Waals surface area contributed by atoms with Crippen molar-refractivity contribution in [3.63, 3.8) is 0 Å². The fourth-order valence-corrected chi connectivity index (χ4v) is 5.85. The first-order valence-corrected chi connectivity index (χ1v) is 12.4. The first kappa shape index (κ1) is 21.8. The average Bonchev–Trinajstić information content (AvgIpc) is 3.37. The molecule has 0 radical (unpaired) electrons. The molecule has 0 aliphatic heterocycles. The molecular weight excluding hydrogens is 406 g/mol. The van der Waals surface area contributed by atoms with E-state index < -0.39 is 15.8 Å². The van der Waals surface area contributed by atoms with Crippen molar-refractivity contribution in [3.05, 3.63) is 63.7 Å². The topological polar surface area (TPSA) is 75.8 Å². The predicted octanol–water partition coefficient (Wildman–Crippen LogP) is 3.20. The summed E-state index contributed by atoms with van der Waals surface area (Å²) in [7, 11) is -1.35. The highest BCUT2D eigenvalue weighted by molar-refractivity contribution is 7.91. The molecule has 4 rings (SSSR count).